The Morgan fingerprint density at radius 2 is 1.94 bits per heavy atom. The van der Waals surface area contributed by atoms with Crippen LogP contribution >= 0.6 is 0 Å². The standard InChI is InChI=1S/C11H9F2N3O/c1-6-4-7(12)8(13)5-9(6)17-11-15-3-2-10(14)16-11/h2-5H,1H3,(H2,14,15,16). The van der Waals surface area contributed by atoms with Gasteiger partial charge in [0, 0.05) is 12.3 Å². The van der Waals surface area contributed by atoms with Crippen molar-refractivity contribution in [3.8, 4) is 11.8 Å². The molecule has 0 aliphatic heterocycles. The fourth-order valence-electron chi connectivity index (χ4n) is 1.24. The van der Waals surface area contributed by atoms with E-state index in [0.717, 1.165) is 12.1 Å². The molecule has 0 saturated heterocycles. The molecule has 1 heterocycles. The molecule has 2 aromatic rings. The van der Waals surface area contributed by atoms with Gasteiger partial charge in [-0.05, 0) is 24.6 Å². The minimum Gasteiger partial charge on any atom is -0.424 e. The van der Waals surface area contributed by atoms with Crippen molar-refractivity contribution in [2.75, 3.05) is 5.73 Å². The topological polar surface area (TPSA) is 61.0 Å². The van der Waals surface area contributed by atoms with Crippen molar-refractivity contribution in [1.82, 2.24) is 9.97 Å². The Bertz CT molecular complexity index is 560. The first-order valence-corrected chi connectivity index (χ1v) is 4.78. The molecule has 0 spiro atoms. The van der Waals surface area contributed by atoms with Crippen molar-refractivity contribution in [2.45, 2.75) is 6.92 Å². The molecule has 2 N–H and O–H groups in total. The van der Waals surface area contributed by atoms with Crippen LogP contribution in [-0.2, 0) is 0 Å². The van der Waals surface area contributed by atoms with E-state index in [2.05, 4.69) is 9.97 Å². The SMILES string of the molecule is Cc1cc(F)c(F)cc1Oc1nccc(N)n1. The first kappa shape index (κ1) is 11.3. The number of nitrogen functional groups attached to an aromatic ring is 1. The summed E-state index contributed by atoms with van der Waals surface area (Å²) < 4.78 is 31.1. The van der Waals surface area contributed by atoms with Gasteiger partial charge in [-0.25, -0.2) is 13.8 Å². The molecule has 1 aromatic carbocycles. The van der Waals surface area contributed by atoms with Gasteiger partial charge in [-0.3, -0.25) is 0 Å². The summed E-state index contributed by atoms with van der Waals surface area (Å²) in [5.41, 5.74) is 5.88. The second kappa shape index (κ2) is 4.32. The van der Waals surface area contributed by atoms with Crippen LogP contribution in [0.15, 0.2) is 24.4 Å². The molecule has 0 bridgehead atoms. The lowest BCUT2D eigenvalue weighted by Crippen LogP contribution is -1.98. The maximum Gasteiger partial charge on any atom is 0.323 e. The lowest BCUT2D eigenvalue weighted by atomic mass is 10.2. The normalized spacial score (nSPS) is 10.3. The van der Waals surface area contributed by atoms with Gasteiger partial charge < -0.3 is 10.5 Å². The van der Waals surface area contributed by atoms with E-state index in [-0.39, 0.29) is 17.6 Å². The number of anilines is 1. The Labute approximate surface area is 96.1 Å². The number of rotatable bonds is 2. The monoisotopic (exact) mass is 237 g/mol. The van der Waals surface area contributed by atoms with Crippen molar-refractivity contribution < 1.29 is 13.5 Å². The van der Waals surface area contributed by atoms with Crippen LogP contribution in [-0.4, -0.2) is 9.97 Å². The van der Waals surface area contributed by atoms with Crippen LogP contribution in [0.1, 0.15) is 5.56 Å². The highest BCUT2D eigenvalue weighted by Gasteiger charge is 2.10. The Kier molecular flexibility index (Phi) is 2.86. The summed E-state index contributed by atoms with van der Waals surface area (Å²) >= 11 is 0. The van der Waals surface area contributed by atoms with Crippen molar-refractivity contribution >= 4 is 5.82 Å². The number of ether oxygens (including phenoxy) is 1. The first-order chi connectivity index (χ1) is 8.06. The molecule has 0 aliphatic rings. The first-order valence-electron chi connectivity index (χ1n) is 4.78. The molecule has 0 aliphatic carbocycles. The van der Waals surface area contributed by atoms with Crippen LogP contribution in [0.3, 0.4) is 0 Å². The Morgan fingerprint density at radius 1 is 1.24 bits per heavy atom. The van der Waals surface area contributed by atoms with Gasteiger partial charge in [-0.1, -0.05) is 0 Å². The average molecular weight is 237 g/mol. The van der Waals surface area contributed by atoms with Crippen LogP contribution < -0.4 is 10.5 Å². The molecule has 2 rings (SSSR count). The summed E-state index contributed by atoms with van der Waals surface area (Å²) in [6.07, 6.45) is 1.41. The van der Waals surface area contributed by atoms with Gasteiger partial charge in [0.05, 0.1) is 0 Å². The molecule has 88 valence electrons. The van der Waals surface area contributed by atoms with E-state index in [9.17, 15) is 8.78 Å². The molecule has 0 radical (unpaired) electrons. The number of aromatic nitrogens is 2. The Balaban J connectivity index is 2.33. The van der Waals surface area contributed by atoms with Crippen molar-refractivity contribution in [3.63, 3.8) is 0 Å². The third kappa shape index (κ3) is 2.47. The molecule has 0 amide bonds. The number of aryl methyl sites for hydroxylation is 1. The van der Waals surface area contributed by atoms with Gasteiger partial charge in [0.15, 0.2) is 11.6 Å². The zero-order valence-electron chi connectivity index (χ0n) is 8.95. The quantitative estimate of drug-likeness (QED) is 0.871. The maximum absolute atomic E-state index is 13.0. The molecule has 4 nitrogen and oxygen atoms in total. The summed E-state index contributed by atoms with van der Waals surface area (Å²) in [4.78, 5) is 7.59. The molecule has 1 aromatic heterocycles. The second-order valence-electron chi connectivity index (χ2n) is 3.40. The van der Waals surface area contributed by atoms with Crippen LogP contribution in [0.4, 0.5) is 14.6 Å². The van der Waals surface area contributed by atoms with E-state index in [1.807, 2.05) is 0 Å². The Hall–Kier alpha value is -2.24. The van der Waals surface area contributed by atoms with Crippen molar-refractivity contribution in [3.05, 3.63) is 41.6 Å². The highest BCUT2D eigenvalue weighted by molar-refractivity contribution is 5.36. The molecule has 17 heavy (non-hydrogen) atoms. The van der Waals surface area contributed by atoms with Crippen LogP contribution in [0.2, 0.25) is 0 Å². The second-order valence-corrected chi connectivity index (χ2v) is 3.40. The molecular weight excluding hydrogens is 228 g/mol. The summed E-state index contributed by atoms with van der Waals surface area (Å²) in [5.74, 6) is -1.54. The molecule has 0 unspecified atom stereocenters. The fourth-order valence-corrected chi connectivity index (χ4v) is 1.24. The zero-order valence-corrected chi connectivity index (χ0v) is 8.95. The molecule has 0 saturated carbocycles. The predicted octanol–water partition coefficient (Wildman–Crippen LogP) is 2.44. The lowest BCUT2D eigenvalue weighted by molar-refractivity contribution is 0.428. The number of hydrogen-bond donors (Lipinski definition) is 1. The minimum atomic E-state index is -0.991. The third-order valence-electron chi connectivity index (χ3n) is 2.07. The van der Waals surface area contributed by atoms with Gasteiger partial charge >= 0.3 is 6.01 Å². The van der Waals surface area contributed by atoms with Gasteiger partial charge in [-0.15, -0.1) is 0 Å². The van der Waals surface area contributed by atoms with Gasteiger partial charge in [0.1, 0.15) is 11.6 Å². The molecular formula is C11H9F2N3O. The van der Waals surface area contributed by atoms with E-state index in [1.54, 1.807) is 6.92 Å². The van der Waals surface area contributed by atoms with E-state index in [4.69, 9.17) is 10.5 Å². The summed E-state index contributed by atoms with van der Waals surface area (Å²) in [6.45, 7) is 1.59. The highest BCUT2D eigenvalue weighted by Crippen LogP contribution is 2.25. The smallest absolute Gasteiger partial charge is 0.323 e. The fraction of sp³-hybridized carbons (Fsp3) is 0.0909. The van der Waals surface area contributed by atoms with Crippen molar-refractivity contribution in [2.24, 2.45) is 0 Å². The van der Waals surface area contributed by atoms with Crippen molar-refractivity contribution in [1.29, 1.82) is 0 Å². The Morgan fingerprint density at radius 3 is 2.65 bits per heavy atom. The average Bonchev–Trinajstić information content (AvgIpc) is 2.26. The number of hydrogen-bond acceptors (Lipinski definition) is 4. The van der Waals surface area contributed by atoms with Gasteiger partial charge in [-0.2, -0.15) is 4.98 Å². The van der Waals surface area contributed by atoms with E-state index in [1.165, 1.54) is 12.3 Å². The summed E-state index contributed by atoms with van der Waals surface area (Å²) in [6, 6.07) is 3.46. The van der Waals surface area contributed by atoms with Crippen LogP contribution in [0.5, 0.6) is 11.8 Å². The summed E-state index contributed by atoms with van der Waals surface area (Å²) in [5, 5.41) is 0. The molecule has 0 atom stereocenters. The largest absolute Gasteiger partial charge is 0.424 e. The number of nitrogens with zero attached hydrogens (tertiary/aromatic N) is 2. The number of halogens is 2. The number of nitrogens with two attached hydrogens (primary N) is 1. The minimum absolute atomic E-state index is 0.0147. The van der Waals surface area contributed by atoms with E-state index >= 15 is 0 Å². The number of benzene rings is 1. The molecule has 6 heteroatoms. The van der Waals surface area contributed by atoms with Crippen LogP contribution in [0.25, 0.3) is 0 Å². The van der Waals surface area contributed by atoms with E-state index in [0.29, 0.717) is 5.56 Å². The molecule has 0 fully saturated rings. The zero-order chi connectivity index (χ0) is 12.4. The highest BCUT2D eigenvalue weighted by atomic mass is 19.2. The van der Waals surface area contributed by atoms with Crippen LogP contribution in [0, 0.1) is 18.6 Å². The lowest BCUT2D eigenvalue weighted by Gasteiger charge is -2.07. The van der Waals surface area contributed by atoms with E-state index < -0.39 is 11.6 Å². The van der Waals surface area contributed by atoms with Gasteiger partial charge in [0.25, 0.3) is 0 Å². The maximum atomic E-state index is 13.0. The summed E-state index contributed by atoms with van der Waals surface area (Å²) in [7, 11) is 0. The van der Waals surface area contributed by atoms with Gasteiger partial charge in [0.2, 0.25) is 0 Å². The third-order valence-corrected chi connectivity index (χ3v) is 2.07. The predicted molar refractivity (Wildman–Crippen MR) is 57.6 cm³/mol.